The molecule has 0 N–H and O–H groups in total. The summed E-state index contributed by atoms with van der Waals surface area (Å²) in [6.45, 7) is 7.38. The maximum absolute atomic E-state index is 2.64. The van der Waals surface area contributed by atoms with Gasteiger partial charge in [-0.25, -0.2) is 0 Å². The molecule has 5 atom stereocenters. The standard InChI is InChI=1S/C21H30/c1-4-15-9-11-18-17-10-8-16-7-5-6-13-20(16,2)19(17)12-14-21(15,18)3/h4,6,8,13,17-19H,5,7,9-12,14H2,1-3H3/t17-,18-,19-,20-,21+/m0/s1. The van der Waals surface area contributed by atoms with Crippen LogP contribution in [0.15, 0.2) is 35.5 Å². The average Bonchev–Trinajstić information content (AvgIpc) is 2.83. The largest absolute Gasteiger partial charge is 0.0879 e. The van der Waals surface area contributed by atoms with Gasteiger partial charge in [0.15, 0.2) is 0 Å². The number of allylic oxidation sites excluding steroid dienone is 6. The van der Waals surface area contributed by atoms with Crippen LogP contribution in [-0.2, 0) is 0 Å². The molecular weight excluding hydrogens is 252 g/mol. The van der Waals surface area contributed by atoms with Crippen LogP contribution in [0.1, 0.15) is 65.7 Å². The van der Waals surface area contributed by atoms with Gasteiger partial charge in [0.1, 0.15) is 0 Å². The van der Waals surface area contributed by atoms with Crippen molar-refractivity contribution in [3.05, 3.63) is 35.5 Å². The Balaban J connectivity index is 1.73. The average molecular weight is 282 g/mol. The Kier molecular flexibility index (Phi) is 3.04. The molecule has 4 aliphatic rings. The molecule has 0 saturated heterocycles. The van der Waals surface area contributed by atoms with Gasteiger partial charge in [-0.05, 0) is 75.0 Å². The second-order valence-corrected chi connectivity index (χ2v) is 8.37. The van der Waals surface area contributed by atoms with E-state index in [4.69, 9.17) is 0 Å². The fourth-order valence-electron chi connectivity index (χ4n) is 6.59. The van der Waals surface area contributed by atoms with Crippen LogP contribution in [0.2, 0.25) is 0 Å². The summed E-state index contributed by atoms with van der Waals surface area (Å²) < 4.78 is 0. The lowest BCUT2D eigenvalue weighted by molar-refractivity contribution is 0.0115. The highest BCUT2D eigenvalue weighted by Gasteiger charge is 2.55. The van der Waals surface area contributed by atoms with Gasteiger partial charge in [-0.1, -0.05) is 49.3 Å². The zero-order chi connectivity index (χ0) is 14.7. The minimum Gasteiger partial charge on any atom is -0.0879 e. The fourth-order valence-corrected chi connectivity index (χ4v) is 6.59. The van der Waals surface area contributed by atoms with Crippen LogP contribution in [0.3, 0.4) is 0 Å². The van der Waals surface area contributed by atoms with Crippen molar-refractivity contribution in [2.24, 2.45) is 28.6 Å². The van der Waals surface area contributed by atoms with Crippen LogP contribution >= 0.6 is 0 Å². The highest BCUT2D eigenvalue weighted by molar-refractivity contribution is 5.33. The van der Waals surface area contributed by atoms with Gasteiger partial charge in [0.05, 0.1) is 0 Å². The Hall–Kier alpha value is -0.780. The van der Waals surface area contributed by atoms with Gasteiger partial charge in [-0.15, -0.1) is 0 Å². The van der Waals surface area contributed by atoms with E-state index in [0.29, 0.717) is 10.8 Å². The number of rotatable bonds is 0. The first-order chi connectivity index (χ1) is 10.1. The van der Waals surface area contributed by atoms with Crippen molar-refractivity contribution in [3.63, 3.8) is 0 Å². The van der Waals surface area contributed by atoms with Crippen LogP contribution in [0, 0.1) is 28.6 Å². The third-order valence-electron chi connectivity index (χ3n) is 7.78. The highest BCUT2D eigenvalue weighted by atomic mass is 14.6. The van der Waals surface area contributed by atoms with Gasteiger partial charge in [-0.2, -0.15) is 0 Å². The van der Waals surface area contributed by atoms with Crippen molar-refractivity contribution < 1.29 is 0 Å². The molecular formula is C21H30. The molecule has 0 amide bonds. The van der Waals surface area contributed by atoms with Gasteiger partial charge < -0.3 is 0 Å². The lowest BCUT2D eigenvalue weighted by Gasteiger charge is -2.55. The van der Waals surface area contributed by atoms with E-state index in [-0.39, 0.29) is 0 Å². The third-order valence-corrected chi connectivity index (χ3v) is 7.78. The summed E-state index contributed by atoms with van der Waals surface area (Å²) >= 11 is 0. The molecule has 4 rings (SSSR count). The lowest BCUT2D eigenvalue weighted by atomic mass is 9.49. The zero-order valence-corrected chi connectivity index (χ0v) is 14.0. The van der Waals surface area contributed by atoms with Crippen molar-refractivity contribution >= 4 is 0 Å². The van der Waals surface area contributed by atoms with E-state index < -0.39 is 0 Å². The van der Waals surface area contributed by atoms with E-state index in [0.717, 1.165) is 17.8 Å². The highest BCUT2D eigenvalue weighted by Crippen LogP contribution is 2.65. The van der Waals surface area contributed by atoms with Crippen LogP contribution in [-0.4, -0.2) is 0 Å². The first-order valence-electron chi connectivity index (χ1n) is 9.12. The van der Waals surface area contributed by atoms with Crippen molar-refractivity contribution in [2.75, 3.05) is 0 Å². The lowest BCUT2D eigenvalue weighted by Crippen LogP contribution is -2.47. The van der Waals surface area contributed by atoms with Crippen LogP contribution < -0.4 is 0 Å². The molecule has 0 aromatic rings. The number of fused-ring (bicyclic) bond motifs is 5. The molecule has 0 nitrogen and oxygen atoms in total. The maximum Gasteiger partial charge on any atom is 0.00936 e. The molecule has 114 valence electrons. The predicted molar refractivity (Wildman–Crippen MR) is 90.0 cm³/mol. The molecule has 0 bridgehead atoms. The minimum absolute atomic E-state index is 0.390. The zero-order valence-electron chi connectivity index (χ0n) is 14.0. The molecule has 0 aromatic carbocycles. The van der Waals surface area contributed by atoms with Crippen molar-refractivity contribution in [2.45, 2.75) is 65.7 Å². The number of hydrogen-bond donors (Lipinski definition) is 0. The van der Waals surface area contributed by atoms with E-state index in [1.54, 1.807) is 11.1 Å². The third kappa shape index (κ3) is 1.74. The van der Waals surface area contributed by atoms with E-state index in [2.05, 4.69) is 45.1 Å². The summed E-state index contributed by atoms with van der Waals surface area (Å²) in [4.78, 5) is 0. The topological polar surface area (TPSA) is 0 Å². The van der Waals surface area contributed by atoms with Crippen molar-refractivity contribution in [3.8, 4) is 0 Å². The quantitative estimate of drug-likeness (QED) is 0.474. The summed E-state index contributed by atoms with van der Waals surface area (Å²) in [5, 5.41) is 0. The van der Waals surface area contributed by atoms with Gasteiger partial charge in [0.2, 0.25) is 0 Å². The molecule has 2 saturated carbocycles. The smallest absolute Gasteiger partial charge is 0.00936 e. The summed E-state index contributed by atoms with van der Waals surface area (Å²) in [5.74, 6) is 2.77. The Bertz CT molecular complexity index is 534. The molecule has 21 heavy (non-hydrogen) atoms. The van der Waals surface area contributed by atoms with Gasteiger partial charge in [0, 0.05) is 5.41 Å². The molecule has 0 heterocycles. The van der Waals surface area contributed by atoms with Gasteiger partial charge in [-0.3, -0.25) is 0 Å². The minimum atomic E-state index is 0.390. The van der Waals surface area contributed by atoms with Gasteiger partial charge in [0.25, 0.3) is 0 Å². The van der Waals surface area contributed by atoms with E-state index >= 15 is 0 Å². The van der Waals surface area contributed by atoms with E-state index in [1.165, 1.54) is 44.9 Å². The summed E-state index contributed by atoms with van der Waals surface area (Å²) in [7, 11) is 0. The fraction of sp³-hybridized carbons (Fsp3) is 0.714. The molecule has 0 radical (unpaired) electrons. The summed E-state index contributed by atoms with van der Waals surface area (Å²) in [6, 6.07) is 0. The summed E-state index contributed by atoms with van der Waals surface area (Å²) in [5.41, 5.74) is 4.45. The Morgan fingerprint density at radius 3 is 2.81 bits per heavy atom. The summed E-state index contributed by atoms with van der Waals surface area (Å²) in [6.07, 6.45) is 19.7. The Labute approximate surface area is 130 Å². The molecule has 0 aromatic heterocycles. The van der Waals surface area contributed by atoms with E-state index in [9.17, 15) is 0 Å². The molecule has 2 fully saturated rings. The Morgan fingerprint density at radius 1 is 1.14 bits per heavy atom. The second kappa shape index (κ2) is 4.61. The van der Waals surface area contributed by atoms with Crippen LogP contribution in [0.4, 0.5) is 0 Å². The molecule has 0 aliphatic heterocycles. The number of hydrogen-bond acceptors (Lipinski definition) is 0. The molecule has 0 spiro atoms. The second-order valence-electron chi connectivity index (χ2n) is 8.37. The van der Waals surface area contributed by atoms with Gasteiger partial charge >= 0.3 is 0 Å². The van der Waals surface area contributed by atoms with Crippen molar-refractivity contribution in [1.82, 2.24) is 0 Å². The molecule has 0 unspecified atom stereocenters. The Morgan fingerprint density at radius 2 is 2.00 bits per heavy atom. The maximum atomic E-state index is 2.64. The van der Waals surface area contributed by atoms with Crippen molar-refractivity contribution in [1.29, 1.82) is 0 Å². The molecule has 0 heteroatoms. The van der Waals surface area contributed by atoms with E-state index in [1.807, 2.05) is 0 Å². The SMILES string of the molecule is CC=C1CC[C@H]2[C@@H]3CC=C4CCC=C[C@]4(C)[C@H]3CC[C@]12C. The predicted octanol–water partition coefficient (Wildman–Crippen LogP) is 6.06. The first-order valence-corrected chi connectivity index (χ1v) is 9.12. The first kappa shape index (κ1) is 13.9. The normalized spacial score (nSPS) is 50.3. The van der Waals surface area contributed by atoms with Crippen LogP contribution in [0.5, 0.6) is 0 Å². The monoisotopic (exact) mass is 282 g/mol. The molecule has 4 aliphatic carbocycles. The van der Waals surface area contributed by atoms with Crippen LogP contribution in [0.25, 0.3) is 0 Å².